The number of carbonyl (C=O) groups excluding carboxylic acids is 1. The highest BCUT2D eigenvalue weighted by atomic mass is 32.2. The van der Waals surface area contributed by atoms with Crippen molar-refractivity contribution in [1.82, 2.24) is 0 Å². The van der Waals surface area contributed by atoms with Crippen molar-refractivity contribution in [2.45, 2.75) is 17.1 Å². The topological polar surface area (TPSA) is 63.2 Å². The second kappa shape index (κ2) is 4.45. The van der Waals surface area contributed by atoms with E-state index < -0.39 is 21.0 Å². The molecule has 1 aliphatic rings. The molecule has 0 saturated heterocycles. The Morgan fingerprint density at radius 1 is 1.00 bits per heavy atom. The van der Waals surface area contributed by atoms with Crippen molar-refractivity contribution < 1.29 is 13.2 Å². The van der Waals surface area contributed by atoms with E-state index in [0.29, 0.717) is 11.3 Å². The van der Waals surface area contributed by atoms with Crippen molar-refractivity contribution >= 4 is 21.4 Å². The lowest BCUT2D eigenvalue weighted by atomic mass is 10.2. The molecule has 0 fully saturated rings. The highest BCUT2D eigenvalue weighted by Gasteiger charge is 2.41. The average Bonchev–Trinajstić information content (AvgIpc) is 2.75. The summed E-state index contributed by atoms with van der Waals surface area (Å²) in [6.45, 7) is 1.88. The molecular formula is C15H13NO3S. The quantitative estimate of drug-likeness (QED) is 0.923. The SMILES string of the molecule is Cc1ccc(S(=O)(=O)C2C(=O)Nc3ccccc32)cc1. The third-order valence-electron chi connectivity index (χ3n) is 3.40. The number of rotatable bonds is 2. The van der Waals surface area contributed by atoms with Gasteiger partial charge < -0.3 is 5.32 Å². The first-order chi connectivity index (χ1) is 9.50. The maximum atomic E-state index is 12.7. The van der Waals surface area contributed by atoms with Crippen LogP contribution in [0, 0.1) is 6.92 Å². The van der Waals surface area contributed by atoms with Crippen LogP contribution in [0.25, 0.3) is 0 Å². The van der Waals surface area contributed by atoms with E-state index in [1.807, 2.05) is 6.92 Å². The maximum absolute atomic E-state index is 12.7. The Morgan fingerprint density at radius 2 is 1.65 bits per heavy atom. The number of fused-ring (bicyclic) bond motifs is 1. The zero-order valence-corrected chi connectivity index (χ0v) is 11.6. The van der Waals surface area contributed by atoms with Gasteiger partial charge >= 0.3 is 0 Å². The van der Waals surface area contributed by atoms with Crippen molar-refractivity contribution in [2.24, 2.45) is 0 Å². The highest BCUT2D eigenvalue weighted by Crippen LogP contribution is 2.38. The predicted octanol–water partition coefficient (Wildman–Crippen LogP) is 2.46. The van der Waals surface area contributed by atoms with E-state index in [1.54, 1.807) is 48.5 Å². The Hall–Kier alpha value is -2.14. The first-order valence-electron chi connectivity index (χ1n) is 6.20. The van der Waals surface area contributed by atoms with Crippen molar-refractivity contribution in [1.29, 1.82) is 0 Å². The van der Waals surface area contributed by atoms with Gasteiger partial charge in [0.15, 0.2) is 15.1 Å². The molecule has 2 aromatic carbocycles. The van der Waals surface area contributed by atoms with Crippen LogP contribution in [-0.2, 0) is 14.6 Å². The summed E-state index contributed by atoms with van der Waals surface area (Å²) < 4.78 is 25.3. The van der Waals surface area contributed by atoms with Gasteiger partial charge in [-0.1, -0.05) is 35.9 Å². The van der Waals surface area contributed by atoms with Crippen molar-refractivity contribution in [2.75, 3.05) is 5.32 Å². The van der Waals surface area contributed by atoms with Crippen LogP contribution >= 0.6 is 0 Å². The molecule has 102 valence electrons. The molecule has 0 bridgehead atoms. The maximum Gasteiger partial charge on any atom is 0.247 e. The van der Waals surface area contributed by atoms with Gasteiger partial charge in [-0.05, 0) is 25.1 Å². The zero-order chi connectivity index (χ0) is 14.3. The molecule has 1 unspecified atom stereocenters. The molecule has 0 spiro atoms. The molecule has 1 N–H and O–H groups in total. The molecule has 1 aliphatic heterocycles. The van der Waals surface area contributed by atoms with Gasteiger partial charge in [0, 0.05) is 11.3 Å². The molecule has 1 atom stereocenters. The first kappa shape index (κ1) is 12.9. The van der Waals surface area contributed by atoms with Crippen LogP contribution in [0.1, 0.15) is 16.4 Å². The number of aryl methyl sites for hydroxylation is 1. The summed E-state index contributed by atoms with van der Waals surface area (Å²) in [7, 11) is -3.73. The van der Waals surface area contributed by atoms with E-state index in [1.165, 1.54) is 0 Å². The van der Waals surface area contributed by atoms with Crippen LogP contribution in [0.15, 0.2) is 53.4 Å². The van der Waals surface area contributed by atoms with Crippen LogP contribution in [0.2, 0.25) is 0 Å². The predicted molar refractivity (Wildman–Crippen MR) is 76.2 cm³/mol. The minimum Gasteiger partial charge on any atom is -0.324 e. The third-order valence-corrected chi connectivity index (χ3v) is 5.42. The summed E-state index contributed by atoms with van der Waals surface area (Å²) in [5, 5.41) is 1.45. The number of hydrogen-bond acceptors (Lipinski definition) is 3. The molecule has 0 saturated carbocycles. The molecule has 5 heteroatoms. The van der Waals surface area contributed by atoms with E-state index in [-0.39, 0.29) is 4.90 Å². The first-order valence-corrected chi connectivity index (χ1v) is 7.75. The minimum absolute atomic E-state index is 0.167. The number of anilines is 1. The van der Waals surface area contributed by atoms with E-state index in [4.69, 9.17) is 0 Å². The Labute approximate surface area is 117 Å². The fraction of sp³-hybridized carbons (Fsp3) is 0.133. The van der Waals surface area contributed by atoms with Gasteiger partial charge in [0.25, 0.3) is 0 Å². The third kappa shape index (κ3) is 1.91. The van der Waals surface area contributed by atoms with Crippen LogP contribution in [0.4, 0.5) is 5.69 Å². The average molecular weight is 287 g/mol. The molecular weight excluding hydrogens is 274 g/mol. The number of benzene rings is 2. The molecule has 2 aromatic rings. The Morgan fingerprint density at radius 3 is 2.35 bits per heavy atom. The molecule has 20 heavy (non-hydrogen) atoms. The fourth-order valence-electron chi connectivity index (χ4n) is 2.35. The fourth-order valence-corrected chi connectivity index (χ4v) is 4.02. The number of amides is 1. The van der Waals surface area contributed by atoms with Crippen molar-refractivity contribution in [3.8, 4) is 0 Å². The molecule has 1 heterocycles. The summed E-state index contributed by atoms with van der Waals surface area (Å²) in [5.41, 5.74) is 2.05. The van der Waals surface area contributed by atoms with Gasteiger partial charge in [0.1, 0.15) is 0 Å². The molecule has 1 amide bonds. The van der Waals surface area contributed by atoms with E-state index in [0.717, 1.165) is 5.56 Å². The smallest absolute Gasteiger partial charge is 0.247 e. The Bertz CT molecular complexity index is 779. The molecule has 3 rings (SSSR count). The minimum atomic E-state index is -3.73. The normalized spacial score (nSPS) is 17.6. The molecule has 4 nitrogen and oxygen atoms in total. The lowest BCUT2D eigenvalue weighted by molar-refractivity contribution is -0.115. The highest BCUT2D eigenvalue weighted by molar-refractivity contribution is 7.92. The van der Waals surface area contributed by atoms with Crippen molar-refractivity contribution in [3.05, 3.63) is 59.7 Å². The lowest BCUT2D eigenvalue weighted by Crippen LogP contribution is -2.21. The van der Waals surface area contributed by atoms with Crippen molar-refractivity contribution in [3.63, 3.8) is 0 Å². The molecule has 0 aromatic heterocycles. The van der Waals surface area contributed by atoms with E-state index in [9.17, 15) is 13.2 Å². The second-order valence-corrected chi connectivity index (χ2v) is 6.85. The van der Waals surface area contributed by atoms with Gasteiger partial charge in [-0.2, -0.15) is 0 Å². The van der Waals surface area contributed by atoms with E-state index in [2.05, 4.69) is 5.32 Å². The van der Waals surface area contributed by atoms with Crippen LogP contribution < -0.4 is 5.32 Å². The number of para-hydroxylation sites is 1. The van der Waals surface area contributed by atoms with Crippen LogP contribution in [0.5, 0.6) is 0 Å². The Balaban J connectivity index is 2.13. The summed E-state index contributed by atoms with van der Waals surface area (Å²) in [6, 6.07) is 13.4. The van der Waals surface area contributed by atoms with Gasteiger partial charge in [-0.3, -0.25) is 4.79 Å². The summed E-state index contributed by atoms with van der Waals surface area (Å²) in [6.07, 6.45) is 0. The van der Waals surface area contributed by atoms with Gasteiger partial charge in [0.05, 0.1) is 4.90 Å². The van der Waals surface area contributed by atoms with Gasteiger partial charge in [-0.25, -0.2) is 8.42 Å². The van der Waals surface area contributed by atoms with Gasteiger partial charge in [0.2, 0.25) is 5.91 Å². The Kier molecular flexibility index (Phi) is 2.87. The largest absolute Gasteiger partial charge is 0.324 e. The number of hydrogen-bond donors (Lipinski definition) is 1. The standard InChI is InChI=1S/C15H13NO3S/c1-10-6-8-11(9-7-10)20(18,19)14-12-4-2-3-5-13(12)16-15(14)17/h2-9,14H,1H3,(H,16,17). The number of sulfone groups is 1. The monoisotopic (exact) mass is 287 g/mol. The van der Waals surface area contributed by atoms with Gasteiger partial charge in [-0.15, -0.1) is 0 Å². The second-order valence-electron chi connectivity index (χ2n) is 4.81. The summed E-state index contributed by atoms with van der Waals surface area (Å²) in [4.78, 5) is 12.2. The number of carbonyl (C=O) groups is 1. The molecule has 0 aliphatic carbocycles. The molecule has 0 radical (unpaired) electrons. The summed E-state index contributed by atoms with van der Waals surface area (Å²) >= 11 is 0. The van der Waals surface area contributed by atoms with Crippen LogP contribution in [0.3, 0.4) is 0 Å². The number of nitrogens with one attached hydrogen (secondary N) is 1. The van der Waals surface area contributed by atoms with E-state index >= 15 is 0 Å². The lowest BCUT2D eigenvalue weighted by Gasteiger charge is -2.11. The summed E-state index contributed by atoms with van der Waals surface area (Å²) in [5.74, 6) is -0.494. The van der Waals surface area contributed by atoms with Crippen LogP contribution in [-0.4, -0.2) is 14.3 Å². The zero-order valence-electron chi connectivity index (χ0n) is 10.8.